The van der Waals surface area contributed by atoms with Crippen LogP contribution in [0.2, 0.25) is 0 Å². The molecule has 3 saturated heterocycles. The first-order valence-corrected chi connectivity index (χ1v) is 43.4. The number of allylic oxidation sites excluding steroid dienone is 2. The molecular weight excluding hydrogens is 1310 g/mol. The quantitative estimate of drug-likeness (QED) is 0.0199. The monoisotopic (exact) mass is 1470 g/mol. The Kier molecular flexibility index (Phi) is 60.7. The Hall–Kier alpha value is -1.47. The number of hydrogen-bond donors (Lipinski definition) is 12. The Labute approximate surface area is 626 Å². The van der Waals surface area contributed by atoms with Gasteiger partial charge in [-0.25, -0.2) is 0 Å². The molecule has 0 aliphatic carbocycles. The van der Waals surface area contributed by atoms with Crippen molar-refractivity contribution in [1.29, 1.82) is 0 Å². The van der Waals surface area contributed by atoms with Gasteiger partial charge in [-0.05, 0) is 38.5 Å². The van der Waals surface area contributed by atoms with Crippen molar-refractivity contribution < 1.29 is 89.4 Å². The second-order valence-corrected chi connectivity index (χ2v) is 31.4. The molecule has 3 rings (SSSR count). The van der Waals surface area contributed by atoms with E-state index < -0.39 is 124 Å². The number of aliphatic hydroxyl groups is 11. The molecule has 0 aromatic rings. The SMILES string of the molecule is CCCCCCCCCC/C=C\CCCCCCCCCCCCCCCCCCCCCCCCCC(=O)NC(COC1OC(CO)C(OC2OC(CO)C(OC3OC(CO)C(O)C(O)C3O)C(O)C2O)C(O)C1O)C(O)CCCCCCCCCCCCCCCCCCCCCCCCC. The van der Waals surface area contributed by atoms with Crippen LogP contribution in [0.3, 0.4) is 0 Å². The third kappa shape index (κ3) is 44.8. The molecule has 103 heavy (non-hydrogen) atoms. The normalized spacial score (nSPS) is 26.0. The van der Waals surface area contributed by atoms with E-state index in [9.17, 15) is 61.0 Å². The number of nitrogens with one attached hydrogen (secondary N) is 1. The molecule has 0 aromatic carbocycles. The minimum absolute atomic E-state index is 0.233. The zero-order valence-corrected chi connectivity index (χ0v) is 65.6. The Morgan fingerprint density at radius 2 is 0.612 bits per heavy atom. The fourth-order valence-electron chi connectivity index (χ4n) is 15.1. The molecule has 19 heteroatoms. The van der Waals surface area contributed by atoms with Crippen molar-refractivity contribution in [3.05, 3.63) is 12.2 Å². The summed E-state index contributed by atoms with van der Waals surface area (Å²) in [5.74, 6) is -0.233. The van der Waals surface area contributed by atoms with E-state index in [-0.39, 0.29) is 18.9 Å². The summed E-state index contributed by atoms with van der Waals surface area (Å²) in [4.78, 5) is 13.5. The first kappa shape index (κ1) is 95.7. The molecule has 1 amide bonds. The Morgan fingerprint density at radius 1 is 0.340 bits per heavy atom. The molecule has 3 fully saturated rings. The summed E-state index contributed by atoms with van der Waals surface area (Å²) in [6.07, 6.45) is 51.8. The van der Waals surface area contributed by atoms with Crippen LogP contribution in [0.5, 0.6) is 0 Å². The molecule has 19 nitrogen and oxygen atoms in total. The molecule has 0 spiro atoms. The molecule has 3 aliphatic heterocycles. The van der Waals surface area contributed by atoms with Gasteiger partial charge in [-0.1, -0.05) is 353 Å². The van der Waals surface area contributed by atoms with Gasteiger partial charge in [0.15, 0.2) is 18.9 Å². The van der Waals surface area contributed by atoms with Gasteiger partial charge in [0.2, 0.25) is 5.91 Å². The van der Waals surface area contributed by atoms with Crippen LogP contribution >= 0.6 is 0 Å². The van der Waals surface area contributed by atoms with Crippen molar-refractivity contribution in [3.8, 4) is 0 Å². The average molecular weight is 1470 g/mol. The summed E-state index contributed by atoms with van der Waals surface area (Å²) in [6, 6.07) is -0.885. The van der Waals surface area contributed by atoms with E-state index in [4.69, 9.17) is 28.4 Å². The van der Waals surface area contributed by atoms with Crippen LogP contribution in [0.15, 0.2) is 12.2 Å². The Balaban J connectivity index is 1.32. The van der Waals surface area contributed by atoms with Crippen LogP contribution in [0, 0.1) is 0 Å². The maximum Gasteiger partial charge on any atom is 0.220 e. The highest BCUT2D eigenvalue weighted by Gasteiger charge is 2.54. The summed E-state index contributed by atoms with van der Waals surface area (Å²) < 4.78 is 34.6. The van der Waals surface area contributed by atoms with Gasteiger partial charge in [0.05, 0.1) is 38.6 Å². The number of hydrogen-bond acceptors (Lipinski definition) is 18. The average Bonchev–Trinajstić information content (AvgIpc) is 0.781. The minimum Gasteiger partial charge on any atom is -0.394 e. The van der Waals surface area contributed by atoms with Crippen LogP contribution < -0.4 is 5.32 Å². The smallest absolute Gasteiger partial charge is 0.220 e. The first-order valence-electron chi connectivity index (χ1n) is 43.4. The predicted octanol–water partition coefficient (Wildman–Crippen LogP) is 15.5. The fraction of sp³-hybridized carbons (Fsp3) is 0.964. The van der Waals surface area contributed by atoms with Gasteiger partial charge in [-0.3, -0.25) is 4.79 Å². The van der Waals surface area contributed by atoms with Gasteiger partial charge in [-0.15, -0.1) is 0 Å². The summed E-state index contributed by atoms with van der Waals surface area (Å²) in [5.41, 5.74) is 0. The molecule has 0 saturated carbocycles. The third-order valence-electron chi connectivity index (χ3n) is 22.1. The Morgan fingerprint density at radius 3 is 0.942 bits per heavy atom. The zero-order chi connectivity index (χ0) is 74.6. The van der Waals surface area contributed by atoms with E-state index in [1.807, 2.05) is 0 Å². The van der Waals surface area contributed by atoms with Gasteiger partial charge >= 0.3 is 0 Å². The van der Waals surface area contributed by atoms with Crippen LogP contribution in [-0.2, 0) is 33.2 Å². The highest BCUT2D eigenvalue weighted by Crippen LogP contribution is 2.34. The maximum absolute atomic E-state index is 13.5. The highest BCUT2D eigenvalue weighted by atomic mass is 16.8. The molecule has 12 N–H and O–H groups in total. The molecule has 17 atom stereocenters. The lowest BCUT2D eigenvalue weighted by molar-refractivity contribution is -0.379. The lowest BCUT2D eigenvalue weighted by Gasteiger charge is -2.48. The number of aliphatic hydroxyl groups excluding tert-OH is 11. The van der Waals surface area contributed by atoms with Crippen molar-refractivity contribution in [2.24, 2.45) is 0 Å². The number of ether oxygens (including phenoxy) is 6. The first-order chi connectivity index (χ1) is 50.3. The zero-order valence-electron chi connectivity index (χ0n) is 65.6. The van der Waals surface area contributed by atoms with E-state index in [0.717, 1.165) is 44.9 Å². The van der Waals surface area contributed by atoms with Gasteiger partial charge in [0, 0.05) is 6.42 Å². The van der Waals surface area contributed by atoms with Crippen LogP contribution in [0.4, 0.5) is 0 Å². The lowest BCUT2D eigenvalue weighted by atomic mass is 9.96. The van der Waals surface area contributed by atoms with E-state index in [1.54, 1.807) is 0 Å². The maximum atomic E-state index is 13.5. The van der Waals surface area contributed by atoms with Crippen LogP contribution in [0.25, 0.3) is 0 Å². The topological polar surface area (TPSA) is 307 Å². The third-order valence-corrected chi connectivity index (χ3v) is 22.1. The van der Waals surface area contributed by atoms with E-state index in [1.165, 1.54) is 308 Å². The van der Waals surface area contributed by atoms with Crippen molar-refractivity contribution in [3.63, 3.8) is 0 Å². The van der Waals surface area contributed by atoms with E-state index >= 15 is 0 Å². The van der Waals surface area contributed by atoms with Gasteiger partial charge in [-0.2, -0.15) is 0 Å². The number of carbonyl (C=O) groups is 1. The molecule has 17 unspecified atom stereocenters. The standard InChI is InChI=1S/C84H161NO18/c1-3-5-7-9-11-13-15-17-19-21-23-25-27-28-29-30-31-32-33-34-35-36-37-38-40-42-44-46-48-50-52-54-56-58-60-62-72(90)85-67(68(89)61-59-57-55-53-51-49-47-45-43-41-39-26-24-22-20-18-16-14-12-10-8-6-4-2)66-98-82-78(96)75(93)80(70(64-87)100-82)103-84-79(97)76(94)81(71(65-88)101-84)102-83-77(95)74(92)73(91)69(63-86)99-83/h21,23,67-71,73-84,86-89,91-97H,3-20,22,24-66H2,1-2H3,(H,85,90)/b23-21-. The molecule has 3 aliphatic rings. The largest absolute Gasteiger partial charge is 0.394 e. The lowest BCUT2D eigenvalue weighted by Crippen LogP contribution is -2.66. The van der Waals surface area contributed by atoms with Crippen LogP contribution in [-0.4, -0.2) is 193 Å². The molecule has 0 radical (unpaired) electrons. The highest BCUT2D eigenvalue weighted by molar-refractivity contribution is 5.76. The second-order valence-electron chi connectivity index (χ2n) is 31.4. The summed E-state index contributed by atoms with van der Waals surface area (Å²) in [6.45, 7) is 1.87. The molecule has 0 aromatic heterocycles. The van der Waals surface area contributed by atoms with Crippen LogP contribution in [0.1, 0.15) is 386 Å². The number of unbranched alkanes of at least 4 members (excludes halogenated alkanes) is 53. The fourth-order valence-corrected chi connectivity index (χ4v) is 15.1. The van der Waals surface area contributed by atoms with Gasteiger partial charge < -0.3 is 89.9 Å². The number of amides is 1. The molecule has 3 heterocycles. The van der Waals surface area contributed by atoms with E-state index in [2.05, 4.69) is 31.3 Å². The van der Waals surface area contributed by atoms with Gasteiger partial charge in [0.25, 0.3) is 0 Å². The number of rotatable bonds is 71. The van der Waals surface area contributed by atoms with Gasteiger partial charge in [0.1, 0.15) is 73.2 Å². The van der Waals surface area contributed by atoms with Crippen molar-refractivity contribution in [1.82, 2.24) is 5.32 Å². The van der Waals surface area contributed by atoms with Crippen molar-refractivity contribution in [2.75, 3.05) is 26.4 Å². The van der Waals surface area contributed by atoms with E-state index in [0.29, 0.717) is 12.8 Å². The molecular formula is C84H161NO18. The summed E-state index contributed by atoms with van der Waals surface area (Å²) in [7, 11) is 0. The van der Waals surface area contributed by atoms with Crippen molar-refractivity contribution in [2.45, 2.75) is 491 Å². The minimum atomic E-state index is -1.97. The number of carbonyl (C=O) groups excluding carboxylic acids is 1. The summed E-state index contributed by atoms with van der Waals surface area (Å²) in [5, 5.41) is 121. The molecule has 0 bridgehead atoms. The molecule has 610 valence electrons. The Bertz CT molecular complexity index is 1910. The predicted molar refractivity (Wildman–Crippen MR) is 411 cm³/mol. The van der Waals surface area contributed by atoms with Crippen molar-refractivity contribution >= 4 is 5.91 Å². The summed E-state index contributed by atoms with van der Waals surface area (Å²) >= 11 is 0. The second kappa shape index (κ2) is 65.3.